The first-order valence-corrected chi connectivity index (χ1v) is 6.49. The van der Waals surface area contributed by atoms with E-state index in [0.29, 0.717) is 21.8 Å². The molecule has 0 spiro atoms. The van der Waals surface area contributed by atoms with Crippen LogP contribution in [0.2, 0.25) is 0 Å². The summed E-state index contributed by atoms with van der Waals surface area (Å²) >= 11 is 4.31. The number of fused-ring (bicyclic) bond motifs is 1. The molecule has 0 N–H and O–H groups in total. The van der Waals surface area contributed by atoms with E-state index in [4.69, 9.17) is 0 Å². The lowest BCUT2D eigenvalue weighted by Crippen LogP contribution is -2.04. The quantitative estimate of drug-likeness (QED) is 0.690. The predicted octanol–water partition coefficient (Wildman–Crippen LogP) is 3.94. The number of thiol groups is 1. The number of hydrogen-bond acceptors (Lipinski definition) is 3. The summed E-state index contributed by atoms with van der Waals surface area (Å²) in [6.45, 7) is 0. The first kappa shape index (κ1) is 13.9. The van der Waals surface area contributed by atoms with Crippen molar-refractivity contribution in [3.63, 3.8) is 0 Å². The van der Waals surface area contributed by atoms with Gasteiger partial charge in [0, 0.05) is 29.9 Å². The van der Waals surface area contributed by atoms with Crippen molar-refractivity contribution < 1.29 is 13.2 Å². The van der Waals surface area contributed by atoms with Gasteiger partial charge in [0.1, 0.15) is 5.82 Å². The molecule has 0 unspecified atom stereocenters. The van der Waals surface area contributed by atoms with Gasteiger partial charge in [-0.25, -0.2) is 4.98 Å². The van der Waals surface area contributed by atoms with Crippen LogP contribution in [0.1, 0.15) is 5.56 Å². The normalized spacial score (nSPS) is 12.0. The van der Waals surface area contributed by atoms with Gasteiger partial charge >= 0.3 is 6.18 Å². The molecule has 0 aliphatic carbocycles. The van der Waals surface area contributed by atoms with Crippen LogP contribution in [0.25, 0.3) is 22.4 Å². The van der Waals surface area contributed by atoms with Crippen LogP contribution in [0.3, 0.4) is 0 Å². The summed E-state index contributed by atoms with van der Waals surface area (Å²) in [5, 5.41) is 0. The number of aromatic nitrogens is 3. The molecule has 7 heteroatoms. The fourth-order valence-corrected chi connectivity index (χ4v) is 2.43. The van der Waals surface area contributed by atoms with Gasteiger partial charge in [0.2, 0.25) is 0 Å². The summed E-state index contributed by atoms with van der Waals surface area (Å²) in [5.74, 6) is 0.553. The van der Waals surface area contributed by atoms with Gasteiger partial charge in [0.15, 0.2) is 0 Å². The molecule has 2 aromatic heterocycles. The van der Waals surface area contributed by atoms with Gasteiger partial charge in [0.05, 0.1) is 16.6 Å². The molecule has 0 amide bonds. The van der Waals surface area contributed by atoms with Crippen LogP contribution in [0.5, 0.6) is 0 Å². The zero-order valence-electron chi connectivity index (χ0n) is 10.9. The number of rotatable bonds is 1. The molecule has 2 heterocycles. The fourth-order valence-electron chi connectivity index (χ4n) is 2.19. The second-order valence-corrected chi connectivity index (χ2v) is 5.07. The second-order valence-electron chi connectivity index (χ2n) is 4.59. The molecular weight excluding hydrogens is 299 g/mol. The predicted molar refractivity (Wildman–Crippen MR) is 76.2 cm³/mol. The first-order valence-electron chi connectivity index (χ1n) is 6.05. The monoisotopic (exact) mass is 309 g/mol. The van der Waals surface area contributed by atoms with E-state index in [2.05, 4.69) is 22.6 Å². The summed E-state index contributed by atoms with van der Waals surface area (Å²) in [4.78, 5) is 8.86. The average Bonchev–Trinajstić information content (AvgIpc) is 2.75. The maximum Gasteiger partial charge on any atom is 0.416 e. The van der Waals surface area contributed by atoms with Gasteiger partial charge in [-0.1, -0.05) is 0 Å². The Morgan fingerprint density at radius 3 is 2.62 bits per heavy atom. The molecule has 0 saturated heterocycles. The lowest BCUT2D eigenvalue weighted by molar-refractivity contribution is -0.137. The highest BCUT2D eigenvalue weighted by molar-refractivity contribution is 7.80. The van der Waals surface area contributed by atoms with Gasteiger partial charge in [-0.3, -0.25) is 4.98 Å². The number of nitrogens with zero attached hydrogens (tertiary/aromatic N) is 3. The lowest BCUT2D eigenvalue weighted by Gasteiger charge is -2.06. The summed E-state index contributed by atoms with van der Waals surface area (Å²) in [6, 6.07) is 5.27. The Labute approximate surface area is 123 Å². The van der Waals surface area contributed by atoms with Crippen molar-refractivity contribution in [3.8, 4) is 11.4 Å². The van der Waals surface area contributed by atoms with Crippen molar-refractivity contribution in [2.24, 2.45) is 7.05 Å². The molecule has 3 rings (SSSR count). The minimum atomic E-state index is -4.38. The molecule has 21 heavy (non-hydrogen) atoms. The molecule has 3 nitrogen and oxygen atoms in total. The maximum atomic E-state index is 12.8. The molecule has 3 aromatic rings. The van der Waals surface area contributed by atoms with E-state index >= 15 is 0 Å². The van der Waals surface area contributed by atoms with Crippen LogP contribution in [0.4, 0.5) is 13.2 Å². The smallest absolute Gasteiger partial charge is 0.327 e. The summed E-state index contributed by atoms with van der Waals surface area (Å²) < 4.78 is 40.0. The van der Waals surface area contributed by atoms with Gasteiger partial charge in [-0.2, -0.15) is 13.2 Å². The highest BCUT2D eigenvalue weighted by Crippen LogP contribution is 2.33. The van der Waals surface area contributed by atoms with Gasteiger partial charge in [-0.05, 0) is 24.3 Å². The highest BCUT2D eigenvalue weighted by Gasteiger charge is 2.31. The van der Waals surface area contributed by atoms with Crippen molar-refractivity contribution in [2.75, 3.05) is 0 Å². The Kier molecular flexibility index (Phi) is 3.16. The number of pyridine rings is 1. The van der Waals surface area contributed by atoms with E-state index in [1.165, 1.54) is 6.07 Å². The van der Waals surface area contributed by atoms with Crippen molar-refractivity contribution >= 4 is 23.7 Å². The molecule has 0 aliphatic rings. The SMILES string of the molecule is Cn1c(-c2ccncc2S)nc2cc(C(F)(F)F)ccc21. The third-order valence-corrected chi connectivity index (χ3v) is 3.61. The zero-order chi connectivity index (χ0) is 15.2. The Morgan fingerprint density at radius 2 is 1.95 bits per heavy atom. The lowest BCUT2D eigenvalue weighted by atomic mass is 10.2. The minimum Gasteiger partial charge on any atom is -0.327 e. The molecule has 0 atom stereocenters. The van der Waals surface area contributed by atoms with E-state index in [9.17, 15) is 13.2 Å². The molecule has 0 aliphatic heterocycles. The summed E-state index contributed by atoms with van der Waals surface area (Å²) in [6.07, 6.45) is -1.22. The number of hydrogen-bond donors (Lipinski definition) is 1. The van der Waals surface area contributed by atoms with Crippen LogP contribution < -0.4 is 0 Å². The third-order valence-electron chi connectivity index (χ3n) is 3.25. The van der Waals surface area contributed by atoms with Gasteiger partial charge in [0.25, 0.3) is 0 Å². The van der Waals surface area contributed by atoms with E-state index in [-0.39, 0.29) is 0 Å². The van der Waals surface area contributed by atoms with Crippen LogP contribution in [-0.4, -0.2) is 14.5 Å². The number of aryl methyl sites for hydroxylation is 1. The largest absolute Gasteiger partial charge is 0.416 e. The van der Waals surface area contributed by atoms with Crippen molar-refractivity contribution in [3.05, 3.63) is 42.2 Å². The fraction of sp³-hybridized carbons (Fsp3) is 0.143. The number of benzene rings is 1. The van der Waals surface area contributed by atoms with E-state index in [1.54, 1.807) is 30.1 Å². The standard InChI is InChI=1S/C14H10F3N3S/c1-20-11-3-2-8(14(15,16)17)6-10(11)19-13(20)9-4-5-18-7-12(9)21/h2-7,21H,1H3. The van der Waals surface area contributed by atoms with Crippen molar-refractivity contribution in [2.45, 2.75) is 11.1 Å². The number of alkyl halides is 3. The third kappa shape index (κ3) is 2.37. The summed E-state index contributed by atoms with van der Waals surface area (Å²) in [7, 11) is 1.76. The van der Waals surface area contributed by atoms with Crippen molar-refractivity contribution in [1.29, 1.82) is 0 Å². The zero-order valence-corrected chi connectivity index (χ0v) is 11.8. The van der Waals surface area contributed by atoms with Crippen molar-refractivity contribution in [1.82, 2.24) is 14.5 Å². The van der Waals surface area contributed by atoms with Crippen LogP contribution in [0, 0.1) is 0 Å². The Hall–Kier alpha value is -2.02. The molecule has 0 saturated carbocycles. The van der Waals surface area contributed by atoms with Gasteiger partial charge < -0.3 is 4.57 Å². The Balaban J connectivity index is 2.23. The second kappa shape index (κ2) is 4.77. The molecule has 0 bridgehead atoms. The molecule has 0 fully saturated rings. The average molecular weight is 309 g/mol. The first-order chi connectivity index (χ1) is 9.88. The molecule has 1 aromatic carbocycles. The Morgan fingerprint density at radius 1 is 1.19 bits per heavy atom. The van der Waals surface area contributed by atoms with Crippen LogP contribution in [0.15, 0.2) is 41.6 Å². The molecular formula is C14H10F3N3S. The highest BCUT2D eigenvalue weighted by atomic mass is 32.1. The van der Waals surface area contributed by atoms with Gasteiger partial charge in [-0.15, -0.1) is 12.6 Å². The van der Waals surface area contributed by atoms with Crippen LogP contribution in [-0.2, 0) is 13.2 Å². The van der Waals surface area contributed by atoms with E-state index in [1.807, 2.05) is 0 Å². The topological polar surface area (TPSA) is 30.7 Å². The van der Waals surface area contributed by atoms with E-state index in [0.717, 1.165) is 17.7 Å². The number of imidazole rings is 1. The van der Waals surface area contributed by atoms with Crippen LogP contribution >= 0.6 is 12.6 Å². The maximum absolute atomic E-state index is 12.8. The molecule has 108 valence electrons. The Bertz CT molecular complexity index is 824. The molecule has 0 radical (unpaired) electrons. The summed E-state index contributed by atoms with van der Waals surface area (Å²) in [5.41, 5.74) is 0.940. The number of halogens is 3. The van der Waals surface area contributed by atoms with E-state index < -0.39 is 11.7 Å². The minimum absolute atomic E-state index is 0.298.